The fourth-order valence-electron chi connectivity index (χ4n) is 6.39. The Labute approximate surface area is 290 Å². The predicted octanol–water partition coefficient (Wildman–Crippen LogP) is 4.20. The lowest BCUT2D eigenvalue weighted by Gasteiger charge is -2.32. The van der Waals surface area contributed by atoms with Crippen molar-refractivity contribution < 1.29 is 48.7 Å². The molecule has 11 atom stereocenters. The topological polar surface area (TPSA) is 164 Å². The summed E-state index contributed by atoms with van der Waals surface area (Å²) in [5.74, 6) is -1.92. The van der Waals surface area contributed by atoms with Crippen molar-refractivity contribution in [2.24, 2.45) is 11.8 Å². The van der Waals surface area contributed by atoms with Crippen molar-refractivity contribution in [2.45, 2.75) is 128 Å². The Bertz CT molecular complexity index is 1350. The summed E-state index contributed by atoms with van der Waals surface area (Å²) in [6, 6.07) is 7.94. The Morgan fingerprint density at radius 2 is 1.86 bits per heavy atom. The summed E-state index contributed by atoms with van der Waals surface area (Å²) in [7, 11) is 1.66. The summed E-state index contributed by atoms with van der Waals surface area (Å²) < 4.78 is 22.9. The molecule has 0 radical (unpaired) electrons. The fraction of sp³-hybridized carbons (Fsp3) is 0.605. The van der Waals surface area contributed by atoms with Crippen LogP contribution in [0.25, 0.3) is 0 Å². The molecule has 1 fully saturated rings. The second-order valence-corrected chi connectivity index (χ2v) is 13.9. The van der Waals surface area contributed by atoms with E-state index in [1.54, 1.807) is 75.6 Å². The van der Waals surface area contributed by atoms with Gasteiger partial charge in [-0.15, -0.1) is 0 Å². The van der Waals surface area contributed by atoms with Crippen molar-refractivity contribution in [2.75, 3.05) is 7.11 Å². The van der Waals surface area contributed by atoms with Gasteiger partial charge in [0.1, 0.15) is 29.5 Å². The van der Waals surface area contributed by atoms with Crippen LogP contribution < -0.4 is 5.32 Å². The first kappa shape index (κ1) is 40.1. The average molecular weight is 686 g/mol. The third-order valence-corrected chi connectivity index (χ3v) is 9.51. The molecule has 2 heterocycles. The molecule has 0 spiro atoms. The van der Waals surface area contributed by atoms with Crippen LogP contribution in [-0.4, -0.2) is 94.1 Å². The van der Waals surface area contributed by atoms with Crippen LogP contribution >= 0.6 is 0 Å². The minimum atomic E-state index is -1.56. The smallest absolute Gasteiger partial charge is 0.309 e. The first-order valence-electron chi connectivity index (χ1n) is 17.1. The van der Waals surface area contributed by atoms with E-state index in [9.17, 15) is 29.7 Å². The van der Waals surface area contributed by atoms with E-state index in [1.165, 1.54) is 13.8 Å². The van der Waals surface area contributed by atoms with Crippen molar-refractivity contribution in [1.29, 1.82) is 0 Å². The quantitative estimate of drug-likeness (QED) is 0.109. The lowest BCUT2D eigenvalue weighted by molar-refractivity contribution is -0.157. The number of cyclic esters (lactones) is 1. The largest absolute Gasteiger partial charge is 0.457 e. The number of hydrogen-bond acceptors (Lipinski definition) is 10. The Hall–Kier alpha value is -3.35. The maximum atomic E-state index is 13.3. The molecule has 4 N–H and O–H groups in total. The molecule has 11 unspecified atom stereocenters. The number of rotatable bonds is 12. The molecule has 2 aliphatic heterocycles. The number of benzene rings is 1. The normalized spacial score (nSPS) is 31.3. The van der Waals surface area contributed by atoms with Crippen molar-refractivity contribution in [1.82, 2.24) is 5.32 Å². The molecule has 1 amide bonds. The van der Waals surface area contributed by atoms with E-state index in [2.05, 4.69) is 5.32 Å². The van der Waals surface area contributed by atoms with Gasteiger partial charge in [-0.3, -0.25) is 14.4 Å². The molecular formula is C38H55NO10. The number of aliphatic hydroxyl groups excluding tert-OH is 1. The van der Waals surface area contributed by atoms with Crippen LogP contribution in [0.15, 0.2) is 66.3 Å². The monoisotopic (exact) mass is 685 g/mol. The first-order chi connectivity index (χ1) is 23.0. The summed E-state index contributed by atoms with van der Waals surface area (Å²) >= 11 is 0. The highest BCUT2D eigenvalue weighted by Gasteiger charge is 2.54. The van der Waals surface area contributed by atoms with Gasteiger partial charge in [0.2, 0.25) is 0 Å². The number of esters is 2. The van der Waals surface area contributed by atoms with E-state index in [0.717, 1.165) is 6.42 Å². The zero-order chi connectivity index (χ0) is 36.5. The van der Waals surface area contributed by atoms with Crippen molar-refractivity contribution in [3.63, 3.8) is 0 Å². The van der Waals surface area contributed by atoms with Crippen LogP contribution in [0.2, 0.25) is 0 Å². The molecule has 0 bridgehead atoms. The maximum Gasteiger partial charge on any atom is 0.309 e. The van der Waals surface area contributed by atoms with E-state index in [-0.39, 0.29) is 43.3 Å². The number of allylic oxidation sites excluding steroid dienone is 2. The molecule has 1 aromatic rings. The predicted molar refractivity (Wildman–Crippen MR) is 184 cm³/mol. The molecule has 0 aliphatic carbocycles. The van der Waals surface area contributed by atoms with Gasteiger partial charge in [-0.25, -0.2) is 0 Å². The first-order valence-corrected chi connectivity index (χ1v) is 17.1. The lowest BCUT2D eigenvalue weighted by Crippen LogP contribution is -2.54. The highest BCUT2D eigenvalue weighted by Crippen LogP contribution is 2.39. The summed E-state index contributed by atoms with van der Waals surface area (Å²) in [5.41, 5.74) is -1.96. The van der Waals surface area contributed by atoms with Gasteiger partial charge in [0.05, 0.1) is 30.8 Å². The number of hydrogen-bond donors (Lipinski definition) is 4. The highest BCUT2D eigenvalue weighted by atomic mass is 16.6. The molecule has 1 saturated heterocycles. The molecule has 2 aliphatic rings. The Balaban J connectivity index is 1.89. The third kappa shape index (κ3) is 11.3. The summed E-state index contributed by atoms with van der Waals surface area (Å²) in [6.45, 7) is 12.0. The van der Waals surface area contributed by atoms with E-state index in [4.69, 9.17) is 18.9 Å². The zero-order valence-electron chi connectivity index (χ0n) is 30.0. The average Bonchev–Trinajstić information content (AvgIpc) is 3.83. The highest BCUT2D eigenvalue weighted by molar-refractivity contribution is 5.94. The zero-order valence-corrected chi connectivity index (χ0v) is 30.0. The number of ether oxygens (including phenoxy) is 4. The van der Waals surface area contributed by atoms with Crippen molar-refractivity contribution in [3.8, 4) is 0 Å². The molecule has 11 nitrogen and oxygen atoms in total. The number of epoxide rings is 1. The SMILES string of the molecule is CCC(OC)C(C)C1OC1C(NC(=O)c1ccccc1)C(C)(O)C=CC=C(C)C1OC(=O)CC(O)CCC(C)(O)C(OC(C)=O)C=CC1C. The lowest BCUT2D eigenvalue weighted by atomic mass is 9.87. The Morgan fingerprint density at radius 3 is 2.47 bits per heavy atom. The van der Waals surface area contributed by atoms with Crippen LogP contribution in [0.5, 0.6) is 0 Å². The van der Waals surface area contributed by atoms with E-state index < -0.39 is 59.5 Å². The second-order valence-electron chi connectivity index (χ2n) is 13.9. The van der Waals surface area contributed by atoms with Gasteiger partial charge in [-0.2, -0.15) is 0 Å². The van der Waals surface area contributed by atoms with Crippen molar-refractivity contribution in [3.05, 3.63) is 71.8 Å². The maximum absolute atomic E-state index is 13.3. The van der Waals surface area contributed by atoms with Crippen LogP contribution in [0.1, 0.15) is 84.5 Å². The number of carbonyl (C=O) groups is 3. The fourth-order valence-corrected chi connectivity index (χ4v) is 6.39. The number of nitrogens with one attached hydrogen (secondary N) is 1. The van der Waals surface area contributed by atoms with Gasteiger partial charge in [0.15, 0.2) is 0 Å². The van der Waals surface area contributed by atoms with Gasteiger partial charge in [-0.1, -0.05) is 63.3 Å². The third-order valence-electron chi connectivity index (χ3n) is 9.51. The molecule has 3 rings (SSSR count). The number of amides is 1. The van der Waals surface area contributed by atoms with Crippen molar-refractivity contribution >= 4 is 17.8 Å². The van der Waals surface area contributed by atoms with Crippen LogP contribution in [-0.2, 0) is 28.5 Å². The van der Waals surface area contributed by atoms with Gasteiger partial charge in [-0.05, 0) is 63.8 Å². The Kier molecular flexibility index (Phi) is 14.3. The summed E-state index contributed by atoms with van der Waals surface area (Å²) in [6.07, 6.45) is 5.34. The molecule has 0 saturated carbocycles. The van der Waals surface area contributed by atoms with Gasteiger partial charge in [0, 0.05) is 31.4 Å². The molecule has 272 valence electrons. The van der Waals surface area contributed by atoms with Crippen LogP contribution in [0.3, 0.4) is 0 Å². The molecule has 49 heavy (non-hydrogen) atoms. The molecule has 0 aromatic heterocycles. The Morgan fingerprint density at radius 1 is 1.18 bits per heavy atom. The van der Waals surface area contributed by atoms with Crippen LogP contribution in [0, 0.1) is 11.8 Å². The van der Waals surface area contributed by atoms with Gasteiger partial charge >= 0.3 is 11.9 Å². The standard InChI is InChI=1S/C38H55NO10/c1-9-29(46-8)25(4)33-34(49-33)35(39-36(43)27-15-11-10-12-16-27)38(7,45)20-13-14-23(2)32-24(3)17-18-30(47-26(5)40)37(6,44)21-19-28(41)22-31(42)48-32/h10-18,20,24-25,28-30,32-35,41,44-45H,9,19,21-22H2,1-8H3,(H,39,43). The minimum Gasteiger partial charge on any atom is -0.457 e. The number of aliphatic hydroxyl groups is 3. The second kappa shape index (κ2) is 17.5. The van der Waals surface area contributed by atoms with Gasteiger partial charge < -0.3 is 39.6 Å². The van der Waals surface area contributed by atoms with Crippen LogP contribution in [0.4, 0.5) is 0 Å². The van der Waals surface area contributed by atoms with E-state index >= 15 is 0 Å². The molecule has 1 aromatic carbocycles. The van der Waals surface area contributed by atoms with E-state index in [1.807, 2.05) is 26.8 Å². The molecular weight excluding hydrogens is 630 g/mol. The van der Waals surface area contributed by atoms with E-state index in [0.29, 0.717) is 11.1 Å². The van der Waals surface area contributed by atoms with Gasteiger partial charge in [0.25, 0.3) is 5.91 Å². The number of carbonyl (C=O) groups excluding carboxylic acids is 3. The summed E-state index contributed by atoms with van der Waals surface area (Å²) in [5, 5.41) is 36.4. The minimum absolute atomic E-state index is 0.0195. The summed E-state index contributed by atoms with van der Waals surface area (Å²) in [4.78, 5) is 37.9. The number of methoxy groups -OCH3 is 1. The molecule has 11 heteroatoms.